The second-order valence-electron chi connectivity index (χ2n) is 2.35. The molecule has 0 N–H and O–H groups in total. The largest absolute Gasteiger partial charge is 0.255 e. The monoisotopic (exact) mass is 327 g/mol. The molecule has 0 unspecified atom stereocenters. The molecule has 0 saturated carbocycles. The maximum Gasteiger partial charge on any atom is 0.0702 e. The van der Waals surface area contributed by atoms with E-state index in [0.717, 1.165) is 5.52 Å². The van der Waals surface area contributed by atoms with Crippen LogP contribution in [-0.2, 0) is 0 Å². The fourth-order valence-corrected chi connectivity index (χ4v) is 1.52. The van der Waals surface area contributed by atoms with Gasteiger partial charge in [0.2, 0.25) is 0 Å². The molecule has 2 rings (SSSR count). The summed E-state index contributed by atoms with van der Waals surface area (Å²) in [5.41, 5.74) is 1.06. The molecule has 0 aliphatic carbocycles. The van der Waals surface area contributed by atoms with Crippen LogP contribution in [0.1, 0.15) is 0 Å². The van der Waals surface area contributed by atoms with E-state index in [1.54, 1.807) is 0 Å². The predicted octanol–water partition coefficient (Wildman–Crippen LogP) is 3.68. The van der Waals surface area contributed by atoms with Gasteiger partial charge in [0.15, 0.2) is 0 Å². The molecule has 0 radical (unpaired) electrons. The normalized spacial score (nSPS) is 8.69. The molecule has 1 heterocycles. The summed E-state index contributed by atoms with van der Waals surface area (Å²) in [4.78, 5) is 4.27. The maximum atomic E-state index is 4.27. The van der Waals surface area contributed by atoms with Gasteiger partial charge in [-0.3, -0.25) is 4.98 Å². The van der Waals surface area contributed by atoms with E-state index in [-0.39, 0.29) is 24.8 Å². The van der Waals surface area contributed by atoms with E-state index in [4.69, 9.17) is 0 Å². The number of hydrogen-bond donors (Lipinski definition) is 0. The number of aromatic nitrogens is 1. The van der Waals surface area contributed by atoms with Gasteiger partial charge in [-0.1, -0.05) is 18.2 Å². The van der Waals surface area contributed by atoms with E-state index in [0.29, 0.717) is 0 Å². The zero-order valence-corrected chi connectivity index (χ0v) is 10.4. The third kappa shape index (κ3) is 2.97. The summed E-state index contributed by atoms with van der Waals surface area (Å²) >= 11 is 2.27. The van der Waals surface area contributed by atoms with E-state index in [9.17, 15) is 0 Å². The van der Waals surface area contributed by atoms with Crippen LogP contribution in [-0.4, -0.2) is 4.98 Å². The van der Waals surface area contributed by atoms with Gasteiger partial charge in [-0.25, -0.2) is 0 Å². The van der Waals surface area contributed by atoms with E-state index >= 15 is 0 Å². The van der Waals surface area contributed by atoms with Crippen LogP contribution in [0.2, 0.25) is 0 Å². The lowest BCUT2D eigenvalue weighted by molar-refractivity contribution is 1.39. The minimum Gasteiger partial charge on any atom is -0.255 e. The molecule has 0 atom stereocenters. The van der Waals surface area contributed by atoms with Crippen LogP contribution in [0.15, 0.2) is 36.5 Å². The van der Waals surface area contributed by atoms with Gasteiger partial charge in [-0.2, -0.15) is 0 Å². The molecule has 0 amide bonds. The number of nitrogens with zero attached hydrogens (tertiary/aromatic N) is 1. The summed E-state index contributed by atoms with van der Waals surface area (Å²) in [7, 11) is 0. The van der Waals surface area contributed by atoms with Crippen molar-refractivity contribution in [2.75, 3.05) is 0 Å². The van der Waals surface area contributed by atoms with Crippen molar-refractivity contribution < 1.29 is 0 Å². The molecule has 0 aliphatic rings. The third-order valence-electron chi connectivity index (χ3n) is 1.56. The first-order valence-electron chi connectivity index (χ1n) is 3.36. The Morgan fingerprint density at radius 2 is 1.77 bits per heavy atom. The molecule has 2 aromatic rings. The lowest BCUT2D eigenvalue weighted by atomic mass is 10.2. The van der Waals surface area contributed by atoms with Crippen molar-refractivity contribution in [1.82, 2.24) is 4.98 Å². The third-order valence-corrected chi connectivity index (χ3v) is 2.15. The molecule has 4 heteroatoms. The molecule has 0 saturated heterocycles. The van der Waals surface area contributed by atoms with Crippen LogP contribution < -0.4 is 0 Å². The lowest BCUT2D eigenvalue weighted by Gasteiger charge is -1.94. The standard InChI is InChI=1S/C9H6IN.2ClH/c10-8-5-7-3-1-2-4-9(7)11-6-8;;/h1-6H;2*1H. The van der Waals surface area contributed by atoms with Crippen molar-refractivity contribution in [3.05, 3.63) is 40.1 Å². The number of rotatable bonds is 0. The Hall–Kier alpha value is -0.0600. The fraction of sp³-hybridized carbons (Fsp3) is 0. The molecule has 0 aliphatic heterocycles. The minimum atomic E-state index is 0. The van der Waals surface area contributed by atoms with Gasteiger partial charge in [0, 0.05) is 15.2 Å². The smallest absolute Gasteiger partial charge is 0.0702 e. The van der Waals surface area contributed by atoms with Crippen molar-refractivity contribution in [3.8, 4) is 0 Å². The van der Waals surface area contributed by atoms with Gasteiger partial charge in [0.1, 0.15) is 0 Å². The van der Waals surface area contributed by atoms with Crippen LogP contribution in [0.5, 0.6) is 0 Å². The summed E-state index contributed by atoms with van der Waals surface area (Å²) in [6.45, 7) is 0. The number of pyridine rings is 1. The average Bonchev–Trinajstić information content (AvgIpc) is 2.04. The summed E-state index contributed by atoms with van der Waals surface area (Å²) in [6.07, 6.45) is 1.88. The predicted molar refractivity (Wildman–Crippen MR) is 69.0 cm³/mol. The van der Waals surface area contributed by atoms with Gasteiger partial charge >= 0.3 is 0 Å². The van der Waals surface area contributed by atoms with Crippen molar-refractivity contribution in [2.45, 2.75) is 0 Å². The zero-order valence-electron chi connectivity index (χ0n) is 6.61. The van der Waals surface area contributed by atoms with E-state index in [1.807, 2.05) is 24.4 Å². The quantitative estimate of drug-likeness (QED) is 0.673. The van der Waals surface area contributed by atoms with E-state index in [1.165, 1.54) is 8.96 Å². The van der Waals surface area contributed by atoms with Crippen LogP contribution in [0, 0.1) is 3.57 Å². The summed E-state index contributed by atoms with van der Waals surface area (Å²) in [5.74, 6) is 0. The number of halogens is 3. The summed E-state index contributed by atoms with van der Waals surface area (Å²) in [5, 5.41) is 1.21. The molecule has 0 fully saturated rings. The van der Waals surface area contributed by atoms with Crippen LogP contribution in [0.4, 0.5) is 0 Å². The molecular formula is C9H8Cl2IN. The van der Waals surface area contributed by atoms with Gasteiger partial charge in [-0.15, -0.1) is 24.8 Å². The highest BCUT2D eigenvalue weighted by molar-refractivity contribution is 14.1. The Labute approximate surface area is 103 Å². The van der Waals surface area contributed by atoms with E-state index < -0.39 is 0 Å². The van der Waals surface area contributed by atoms with Gasteiger partial charge in [0.25, 0.3) is 0 Å². The first-order valence-corrected chi connectivity index (χ1v) is 4.44. The molecule has 1 aromatic heterocycles. The average molecular weight is 328 g/mol. The van der Waals surface area contributed by atoms with Crippen molar-refractivity contribution in [3.63, 3.8) is 0 Å². The fourth-order valence-electron chi connectivity index (χ4n) is 1.04. The second-order valence-corrected chi connectivity index (χ2v) is 3.59. The molecule has 1 nitrogen and oxygen atoms in total. The van der Waals surface area contributed by atoms with E-state index in [2.05, 4.69) is 39.7 Å². The molecule has 70 valence electrons. The first-order chi connectivity index (χ1) is 5.36. The summed E-state index contributed by atoms with van der Waals surface area (Å²) in [6, 6.07) is 10.3. The molecule has 1 aromatic carbocycles. The topological polar surface area (TPSA) is 12.9 Å². The highest BCUT2D eigenvalue weighted by Gasteiger charge is 1.91. The number of para-hydroxylation sites is 1. The van der Waals surface area contributed by atoms with Crippen molar-refractivity contribution >= 4 is 58.3 Å². The molecule has 13 heavy (non-hydrogen) atoms. The minimum absolute atomic E-state index is 0. The van der Waals surface area contributed by atoms with Crippen molar-refractivity contribution in [1.29, 1.82) is 0 Å². The highest BCUT2D eigenvalue weighted by Crippen LogP contribution is 2.13. The highest BCUT2D eigenvalue weighted by atomic mass is 127. The summed E-state index contributed by atoms with van der Waals surface area (Å²) < 4.78 is 1.18. The van der Waals surface area contributed by atoms with Crippen LogP contribution in [0.25, 0.3) is 10.9 Å². The van der Waals surface area contributed by atoms with Crippen molar-refractivity contribution in [2.24, 2.45) is 0 Å². The van der Waals surface area contributed by atoms with Crippen LogP contribution in [0.3, 0.4) is 0 Å². The Morgan fingerprint density at radius 3 is 2.54 bits per heavy atom. The maximum absolute atomic E-state index is 4.27. The van der Waals surface area contributed by atoms with Gasteiger partial charge in [0.05, 0.1) is 5.52 Å². The Balaban J connectivity index is 0.000000720. The Bertz CT molecular complexity index is 392. The number of hydrogen-bond acceptors (Lipinski definition) is 1. The first kappa shape index (κ1) is 12.9. The molecule has 0 bridgehead atoms. The van der Waals surface area contributed by atoms with Gasteiger partial charge < -0.3 is 0 Å². The lowest BCUT2D eigenvalue weighted by Crippen LogP contribution is -1.78. The van der Waals surface area contributed by atoms with Crippen LogP contribution >= 0.6 is 47.4 Å². The zero-order chi connectivity index (χ0) is 7.68. The number of benzene rings is 1. The molecular weight excluding hydrogens is 320 g/mol. The number of fused-ring (bicyclic) bond motifs is 1. The van der Waals surface area contributed by atoms with Gasteiger partial charge in [-0.05, 0) is 34.7 Å². The Kier molecular flexibility index (Phi) is 5.60. The Morgan fingerprint density at radius 1 is 1.08 bits per heavy atom. The second kappa shape index (κ2) is 5.62. The SMILES string of the molecule is Cl.Cl.Ic1cnc2ccccc2c1. The molecule has 0 spiro atoms.